The van der Waals surface area contributed by atoms with Gasteiger partial charge in [-0.05, 0) is 50.3 Å². The Bertz CT molecular complexity index is 531. The Hall–Kier alpha value is -1.56. The fourth-order valence-corrected chi connectivity index (χ4v) is 3.16. The number of benzene rings is 1. The van der Waals surface area contributed by atoms with Crippen molar-refractivity contribution >= 4 is 5.91 Å². The predicted molar refractivity (Wildman–Crippen MR) is 83.0 cm³/mol. The number of likely N-dealkylation sites (tertiary alicyclic amines) is 1. The Kier molecular flexibility index (Phi) is 6.04. The summed E-state index contributed by atoms with van der Waals surface area (Å²) in [5.41, 5.74) is -0.197. The number of halogens is 3. The SMILES string of the molecule is CNCC(=O)N1CCC[C@@H](CCc2ccccc2C(F)(F)F)C1. The summed E-state index contributed by atoms with van der Waals surface area (Å²) in [4.78, 5) is 13.7. The number of hydrogen-bond donors (Lipinski definition) is 1. The molecule has 23 heavy (non-hydrogen) atoms. The number of nitrogens with zero attached hydrogens (tertiary/aromatic N) is 1. The number of aryl methyl sites for hydroxylation is 1. The zero-order valence-corrected chi connectivity index (χ0v) is 13.3. The molecule has 0 saturated carbocycles. The summed E-state index contributed by atoms with van der Waals surface area (Å²) in [5.74, 6) is 0.332. The van der Waals surface area contributed by atoms with Gasteiger partial charge in [-0.2, -0.15) is 13.2 Å². The van der Waals surface area contributed by atoms with Gasteiger partial charge in [0, 0.05) is 13.1 Å². The quantitative estimate of drug-likeness (QED) is 0.901. The van der Waals surface area contributed by atoms with Crippen LogP contribution in [0.2, 0.25) is 0 Å². The van der Waals surface area contributed by atoms with E-state index in [1.807, 2.05) is 4.90 Å². The van der Waals surface area contributed by atoms with Gasteiger partial charge >= 0.3 is 6.18 Å². The zero-order chi connectivity index (χ0) is 16.9. The molecule has 1 amide bonds. The molecule has 1 atom stereocenters. The molecule has 2 rings (SSSR count). The van der Waals surface area contributed by atoms with Crippen molar-refractivity contribution in [3.8, 4) is 0 Å². The summed E-state index contributed by atoms with van der Waals surface area (Å²) in [6.07, 6.45) is -1.35. The van der Waals surface area contributed by atoms with Crippen LogP contribution < -0.4 is 5.32 Å². The molecular formula is C17H23F3N2O. The maximum absolute atomic E-state index is 13.0. The van der Waals surface area contributed by atoms with E-state index < -0.39 is 11.7 Å². The smallest absolute Gasteiger partial charge is 0.341 e. The van der Waals surface area contributed by atoms with Crippen LogP contribution in [0.1, 0.15) is 30.4 Å². The summed E-state index contributed by atoms with van der Waals surface area (Å²) in [6.45, 7) is 1.70. The Labute approximate surface area is 134 Å². The highest BCUT2D eigenvalue weighted by Crippen LogP contribution is 2.33. The molecule has 3 nitrogen and oxygen atoms in total. The standard InChI is InChI=1S/C17H23F3N2O/c1-21-11-16(23)22-10-4-5-13(12-22)8-9-14-6-2-3-7-15(14)17(18,19)20/h2-3,6-7,13,21H,4-5,8-12H2,1H3/t13-/m0/s1. The third kappa shape index (κ3) is 4.96. The second-order valence-corrected chi connectivity index (χ2v) is 6.07. The number of carbonyl (C=O) groups excluding carboxylic acids is 1. The first kappa shape index (κ1) is 17.8. The van der Waals surface area contributed by atoms with E-state index in [1.54, 1.807) is 19.2 Å². The third-order valence-electron chi connectivity index (χ3n) is 4.34. The van der Waals surface area contributed by atoms with Crippen LogP contribution in [0.4, 0.5) is 13.2 Å². The number of likely N-dealkylation sites (N-methyl/N-ethyl adjacent to an activating group) is 1. The number of alkyl halides is 3. The van der Waals surface area contributed by atoms with Crippen LogP contribution in [0.5, 0.6) is 0 Å². The molecule has 1 N–H and O–H groups in total. The van der Waals surface area contributed by atoms with Crippen LogP contribution in [-0.2, 0) is 17.4 Å². The van der Waals surface area contributed by atoms with E-state index in [1.165, 1.54) is 6.07 Å². The normalized spacial score (nSPS) is 19.0. The third-order valence-corrected chi connectivity index (χ3v) is 4.34. The molecule has 0 aromatic heterocycles. The highest BCUT2D eigenvalue weighted by Gasteiger charge is 2.33. The van der Waals surface area contributed by atoms with Crippen LogP contribution in [0.15, 0.2) is 24.3 Å². The average molecular weight is 328 g/mol. The van der Waals surface area contributed by atoms with E-state index in [2.05, 4.69) is 5.32 Å². The molecule has 1 aromatic rings. The van der Waals surface area contributed by atoms with Crippen LogP contribution in [0.3, 0.4) is 0 Å². The van der Waals surface area contributed by atoms with Crippen LogP contribution in [0, 0.1) is 5.92 Å². The van der Waals surface area contributed by atoms with Crippen molar-refractivity contribution in [1.82, 2.24) is 10.2 Å². The maximum atomic E-state index is 13.0. The molecule has 1 heterocycles. The van der Waals surface area contributed by atoms with Crippen LogP contribution in [-0.4, -0.2) is 37.5 Å². The van der Waals surface area contributed by atoms with Gasteiger partial charge in [-0.3, -0.25) is 4.79 Å². The van der Waals surface area contributed by atoms with Crippen molar-refractivity contribution in [2.45, 2.75) is 31.9 Å². The number of rotatable bonds is 5. The summed E-state index contributed by atoms with van der Waals surface area (Å²) in [7, 11) is 1.73. The second kappa shape index (κ2) is 7.81. The van der Waals surface area contributed by atoms with Crippen molar-refractivity contribution in [3.63, 3.8) is 0 Å². The summed E-state index contributed by atoms with van der Waals surface area (Å²) >= 11 is 0. The molecule has 0 bridgehead atoms. The van der Waals surface area contributed by atoms with Crippen molar-refractivity contribution < 1.29 is 18.0 Å². The molecule has 1 aliphatic rings. The van der Waals surface area contributed by atoms with Gasteiger partial charge in [0.25, 0.3) is 0 Å². The topological polar surface area (TPSA) is 32.3 Å². The van der Waals surface area contributed by atoms with Gasteiger partial charge < -0.3 is 10.2 Å². The molecule has 1 aromatic carbocycles. The fourth-order valence-electron chi connectivity index (χ4n) is 3.16. The molecule has 0 aliphatic carbocycles. The maximum Gasteiger partial charge on any atom is 0.416 e. The van der Waals surface area contributed by atoms with Gasteiger partial charge in [0.1, 0.15) is 0 Å². The second-order valence-electron chi connectivity index (χ2n) is 6.07. The first-order valence-electron chi connectivity index (χ1n) is 7.99. The number of piperidine rings is 1. The fraction of sp³-hybridized carbons (Fsp3) is 0.588. The lowest BCUT2D eigenvalue weighted by Crippen LogP contribution is -2.43. The minimum absolute atomic E-state index is 0.0629. The molecule has 0 spiro atoms. The Morgan fingerprint density at radius 1 is 1.35 bits per heavy atom. The molecule has 1 fully saturated rings. The first-order valence-corrected chi connectivity index (χ1v) is 7.99. The highest BCUT2D eigenvalue weighted by molar-refractivity contribution is 5.78. The summed E-state index contributed by atoms with van der Waals surface area (Å²) in [5, 5.41) is 2.85. The summed E-state index contributed by atoms with van der Waals surface area (Å²) in [6, 6.07) is 5.76. The van der Waals surface area contributed by atoms with Crippen molar-refractivity contribution in [3.05, 3.63) is 35.4 Å². The number of carbonyl (C=O) groups is 1. The Balaban J connectivity index is 1.95. The van der Waals surface area contributed by atoms with Gasteiger partial charge in [0.05, 0.1) is 12.1 Å². The lowest BCUT2D eigenvalue weighted by Gasteiger charge is -2.33. The molecule has 0 radical (unpaired) electrons. The predicted octanol–water partition coefficient (Wildman–Crippen LogP) is 3.10. The largest absolute Gasteiger partial charge is 0.416 e. The van der Waals surface area contributed by atoms with Crippen molar-refractivity contribution in [2.75, 3.05) is 26.7 Å². The monoisotopic (exact) mass is 328 g/mol. The van der Waals surface area contributed by atoms with Crippen LogP contribution in [0.25, 0.3) is 0 Å². The Morgan fingerprint density at radius 2 is 2.09 bits per heavy atom. The summed E-state index contributed by atoms with van der Waals surface area (Å²) < 4.78 is 39.0. The van der Waals surface area contributed by atoms with Gasteiger partial charge in [-0.25, -0.2) is 0 Å². The number of hydrogen-bond acceptors (Lipinski definition) is 2. The van der Waals surface area contributed by atoms with Crippen LogP contribution >= 0.6 is 0 Å². The van der Waals surface area contributed by atoms with E-state index in [-0.39, 0.29) is 11.8 Å². The van der Waals surface area contributed by atoms with Crippen molar-refractivity contribution in [2.24, 2.45) is 5.92 Å². The first-order chi connectivity index (χ1) is 10.9. The Morgan fingerprint density at radius 3 is 2.78 bits per heavy atom. The van der Waals surface area contributed by atoms with Crippen molar-refractivity contribution in [1.29, 1.82) is 0 Å². The van der Waals surface area contributed by atoms with Gasteiger partial charge in [0.15, 0.2) is 0 Å². The van der Waals surface area contributed by atoms with Gasteiger partial charge in [-0.1, -0.05) is 18.2 Å². The number of amides is 1. The molecule has 1 aliphatic heterocycles. The highest BCUT2D eigenvalue weighted by atomic mass is 19.4. The molecule has 128 valence electrons. The lowest BCUT2D eigenvalue weighted by atomic mass is 9.90. The molecule has 1 saturated heterocycles. The van der Waals surface area contributed by atoms with Gasteiger partial charge in [0.2, 0.25) is 5.91 Å². The molecule has 6 heteroatoms. The minimum Gasteiger partial charge on any atom is -0.341 e. The van der Waals surface area contributed by atoms with E-state index in [9.17, 15) is 18.0 Å². The van der Waals surface area contributed by atoms with Gasteiger partial charge in [-0.15, -0.1) is 0 Å². The number of nitrogens with one attached hydrogen (secondary N) is 1. The van der Waals surface area contributed by atoms with E-state index in [4.69, 9.17) is 0 Å². The van der Waals surface area contributed by atoms with E-state index >= 15 is 0 Å². The zero-order valence-electron chi connectivity index (χ0n) is 13.3. The van der Waals surface area contributed by atoms with E-state index in [0.29, 0.717) is 31.5 Å². The molecular weight excluding hydrogens is 305 g/mol. The van der Waals surface area contributed by atoms with E-state index in [0.717, 1.165) is 25.5 Å². The lowest BCUT2D eigenvalue weighted by molar-refractivity contribution is -0.138. The average Bonchev–Trinajstić information content (AvgIpc) is 2.53. The minimum atomic E-state index is -4.31. The molecule has 0 unspecified atom stereocenters.